The minimum Gasteiger partial charge on any atom is -0.456 e. The highest BCUT2D eigenvalue weighted by Crippen LogP contribution is 2.38. The molecule has 2 atom stereocenters. The Morgan fingerprint density at radius 1 is 1.38 bits per heavy atom. The van der Waals surface area contributed by atoms with E-state index in [2.05, 4.69) is 5.32 Å². The van der Waals surface area contributed by atoms with E-state index < -0.39 is 30.7 Å². The van der Waals surface area contributed by atoms with E-state index in [4.69, 9.17) is 16.3 Å². The third kappa shape index (κ3) is 3.48. The predicted molar refractivity (Wildman–Crippen MR) is 95.2 cm³/mol. The number of rotatable bonds is 5. The number of nitrogens with one attached hydrogen (secondary N) is 1. The number of ether oxygens (including phenoxy) is 1. The lowest BCUT2D eigenvalue weighted by molar-refractivity contribution is -0.147. The number of nitrogens with zero attached hydrogens (tertiary/aromatic N) is 1. The van der Waals surface area contributed by atoms with E-state index in [9.17, 15) is 19.2 Å². The second-order valence-electron chi connectivity index (χ2n) is 6.63. The number of esters is 1. The summed E-state index contributed by atoms with van der Waals surface area (Å²) in [6.07, 6.45) is 3.29. The van der Waals surface area contributed by atoms with Crippen molar-refractivity contribution in [1.29, 1.82) is 0 Å². The molecule has 0 aromatic carbocycles. The molecule has 26 heavy (non-hydrogen) atoms. The van der Waals surface area contributed by atoms with Crippen molar-refractivity contribution in [1.82, 2.24) is 10.2 Å². The lowest BCUT2D eigenvalue weighted by atomic mass is 9.73. The van der Waals surface area contributed by atoms with E-state index in [1.165, 1.54) is 0 Å². The van der Waals surface area contributed by atoms with Gasteiger partial charge in [0.1, 0.15) is 12.1 Å². The molecule has 2 aliphatic rings. The zero-order valence-electron chi connectivity index (χ0n) is 14.2. The summed E-state index contributed by atoms with van der Waals surface area (Å²) < 4.78 is 5.39. The highest BCUT2D eigenvalue weighted by atomic mass is 35.5. The first kappa shape index (κ1) is 18.8. The zero-order valence-corrected chi connectivity index (χ0v) is 15.8. The predicted octanol–water partition coefficient (Wildman–Crippen LogP) is 2.63. The van der Waals surface area contributed by atoms with Gasteiger partial charge in [0.25, 0.3) is 5.91 Å². The molecule has 1 aliphatic heterocycles. The first-order chi connectivity index (χ1) is 12.3. The molecule has 1 aromatic rings. The maximum atomic E-state index is 12.8. The van der Waals surface area contributed by atoms with Crippen molar-refractivity contribution < 1.29 is 23.9 Å². The molecule has 1 saturated heterocycles. The molecule has 0 bridgehead atoms. The Bertz CT molecular complexity index is 764. The number of hydrogen-bond acceptors (Lipinski definition) is 6. The van der Waals surface area contributed by atoms with Crippen LogP contribution in [0.2, 0.25) is 4.34 Å². The fourth-order valence-corrected chi connectivity index (χ4v) is 4.46. The minimum atomic E-state index is -0.918. The van der Waals surface area contributed by atoms with Gasteiger partial charge < -0.3 is 10.1 Å². The second kappa shape index (κ2) is 7.36. The van der Waals surface area contributed by atoms with Crippen molar-refractivity contribution in [3.05, 3.63) is 21.3 Å². The van der Waals surface area contributed by atoms with Gasteiger partial charge in [-0.05, 0) is 30.9 Å². The maximum Gasteiger partial charge on any atom is 0.326 e. The van der Waals surface area contributed by atoms with Crippen LogP contribution in [0.15, 0.2) is 12.1 Å². The van der Waals surface area contributed by atoms with Gasteiger partial charge in [0, 0.05) is 0 Å². The first-order valence-electron chi connectivity index (χ1n) is 8.42. The molecule has 0 radical (unpaired) electrons. The summed E-state index contributed by atoms with van der Waals surface area (Å²) in [5.41, 5.74) is -0.918. The third-order valence-electron chi connectivity index (χ3n) is 5.00. The van der Waals surface area contributed by atoms with E-state index in [-0.39, 0.29) is 17.6 Å². The number of halogens is 1. The number of Topliss-reactive ketones (excluding diaryl/α,β-unsaturated/α-hetero) is 1. The van der Waals surface area contributed by atoms with Gasteiger partial charge in [-0.25, -0.2) is 4.79 Å². The Balaban J connectivity index is 1.58. The SMILES string of the molecule is C[C@H]1CCCC[C@]12NC(=O)N(CC(=O)OCC(=O)c1ccc(Cl)s1)C2=O. The van der Waals surface area contributed by atoms with Crippen LogP contribution in [0.4, 0.5) is 4.79 Å². The topological polar surface area (TPSA) is 92.8 Å². The molecular formula is C17H19ClN2O5S. The molecule has 1 aliphatic carbocycles. The number of carbonyl (C=O) groups is 4. The highest BCUT2D eigenvalue weighted by Gasteiger charge is 2.55. The lowest BCUT2D eigenvalue weighted by Gasteiger charge is -2.36. The van der Waals surface area contributed by atoms with E-state index in [1.54, 1.807) is 12.1 Å². The average molecular weight is 399 g/mol. The number of thiophene rings is 1. The van der Waals surface area contributed by atoms with Crippen LogP contribution < -0.4 is 5.32 Å². The average Bonchev–Trinajstić information content (AvgIpc) is 3.13. The quantitative estimate of drug-likeness (QED) is 0.467. The van der Waals surface area contributed by atoms with Gasteiger partial charge in [0.15, 0.2) is 6.61 Å². The Kier molecular flexibility index (Phi) is 5.34. The van der Waals surface area contributed by atoms with Crippen LogP contribution in [0.1, 0.15) is 42.3 Å². The van der Waals surface area contributed by atoms with E-state index in [0.717, 1.165) is 35.5 Å². The smallest absolute Gasteiger partial charge is 0.326 e. The second-order valence-corrected chi connectivity index (χ2v) is 8.34. The van der Waals surface area contributed by atoms with Gasteiger partial charge in [-0.3, -0.25) is 19.3 Å². The molecule has 3 amide bonds. The molecule has 0 unspecified atom stereocenters. The van der Waals surface area contributed by atoms with E-state index in [1.807, 2.05) is 6.92 Å². The largest absolute Gasteiger partial charge is 0.456 e. The third-order valence-corrected chi connectivity index (χ3v) is 6.27. The molecule has 1 N–H and O–H groups in total. The molecule has 9 heteroatoms. The van der Waals surface area contributed by atoms with Gasteiger partial charge >= 0.3 is 12.0 Å². The van der Waals surface area contributed by atoms with Crippen LogP contribution in [0.3, 0.4) is 0 Å². The van der Waals surface area contributed by atoms with Crippen molar-refractivity contribution >= 4 is 46.6 Å². The normalized spacial score (nSPS) is 25.5. The van der Waals surface area contributed by atoms with Crippen molar-refractivity contribution in [3.8, 4) is 0 Å². The van der Waals surface area contributed by atoms with Crippen molar-refractivity contribution in [2.75, 3.05) is 13.2 Å². The molecule has 1 saturated carbocycles. The Hall–Kier alpha value is -1.93. The molecule has 2 fully saturated rings. The summed E-state index contributed by atoms with van der Waals surface area (Å²) in [7, 11) is 0. The number of amides is 3. The fraction of sp³-hybridized carbons (Fsp3) is 0.529. The molecule has 1 aromatic heterocycles. The van der Waals surface area contributed by atoms with Crippen LogP contribution in [-0.2, 0) is 14.3 Å². The lowest BCUT2D eigenvalue weighted by Crippen LogP contribution is -2.54. The summed E-state index contributed by atoms with van der Waals surface area (Å²) in [5.74, 6) is -1.56. The van der Waals surface area contributed by atoms with Gasteiger partial charge in [-0.2, -0.15) is 0 Å². The standard InChI is InChI=1S/C17H19ClN2O5S/c1-10-4-2-3-7-17(10)15(23)20(16(24)19-17)8-14(22)25-9-11(21)12-5-6-13(18)26-12/h5-6,10H,2-4,7-9H2,1H3,(H,19,24)/t10-,17-/m0/s1. The number of urea groups is 1. The van der Waals surface area contributed by atoms with Crippen LogP contribution in [0, 0.1) is 5.92 Å². The number of hydrogen-bond donors (Lipinski definition) is 1. The molecular weight excluding hydrogens is 380 g/mol. The van der Waals surface area contributed by atoms with Gasteiger partial charge in [0.05, 0.1) is 9.21 Å². The molecule has 3 rings (SSSR count). The number of ketones is 1. The Morgan fingerprint density at radius 3 is 2.81 bits per heavy atom. The van der Waals surface area contributed by atoms with Crippen LogP contribution in [-0.4, -0.2) is 47.3 Å². The Morgan fingerprint density at radius 2 is 2.15 bits per heavy atom. The maximum absolute atomic E-state index is 12.8. The summed E-state index contributed by atoms with van der Waals surface area (Å²) >= 11 is 6.86. The minimum absolute atomic E-state index is 0.0128. The summed E-state index contributed by atoms with van der Waals surface area (Å²) in [5, 5.41) is 2.77. The van der Waals surface area contributed by atoms with E-state index >= 15 is 0 Å². The summed E-state index contributed by atoms with van der Waals surface area (Å²) in [6, 6.07) is 2.55. The summed E-state index contributed by atoms with van der Waals surface area (Å²) in [4.78, 5) is 50.2. The zero-order chi connectivity index (χ0) is 18.9. The molecule has 140 valence electrons. The summed E-state index contributed by atoms with van der Waals surface area (Å²) in [6.45, 7) is 0.975. The molecule has 1 spiro atoms. The fourth-order valence-electron chi connectivity index (χ4n) is 3.50. The van der Waals surface area contributed by atoms with Crippen LogP contribution in [0.25, 0.3) is 0 Å². The van der Waals surface area contributed by atoms with E-state index in [0.29, 0.717) is 15.6 Å². The van der Waals surface area contributed by atoms with Gasteiger partial charge in [-0.15, -0.1) is 11.3 Å². The van der Waals surface area contributed by atoms with Crippen molar-refractivity contribution in [3.63, 3.8) is 0 Å². The Labute approximate surface area is 159 Å². The molecule has 7 nitrogen and oxygen atoms in total. The highest BCUT2D eigenvalue weighted by molar-refractivity contribution is 7.18. The van der Waals surface area contributed by atoms with Gasteiger partial charge in [-0.1, -0.05) is 31.4 Å². The van der Waals surface area contributed by atoms with Crippen molar-refractivity contribution in [2.45, 2.75) is 38.1 Å². The molecule has 2 heterocycles. The van der Waals surface area contributed by atoms with Crippen LogP contribution in [0.5, 0.6) is 0 Å². The van der Waals surface area contributed by atoms with Crippen molar-refractivity contribution in [2.24, 2.45) is 5.92 Å². The number of imide groups is 1. The van der Waals surface area contributed by atoms with Gasteiger partial charge in [0.2, 0.25) is 5.78 Å². The number of carbonyl (C=O) groups excluding carboxylic acids is 4. The monoisotopic (exact) mass is 398 g/mol. The van der Waals surface area contributed by atoms with Crippen LogP contribution >= 0.6 is 22.9 Å². The first-order valence-corrected chi connectivity index (χ1v) is 9.61.